The lowest BCUT2D eigenvalue weighted by atomic mass is 10.0. The van der Waals surface area contributed by atoms with Gasteiger partial charge in [-0.3, -0.25) is 14.5 Å². The van der Waals surface area contributed by atoms with Crippen LogP contribution in [0, 0.1) is 11.3 Å². The van der Waals surface area contributed by atoms with Crippen molar-refractivity contribution in [3.8, 4) is 6.07 Å². The van der Waals surface area contributed by atoms with Crippen molar-refractivity contribution >= 4 is 35.7 Å². The molecule has 41 heavy (non-hydrogen) atoms. The Labute approximate surface area is 244 Å². The van der Waals surface area contributed by atoms with Crippen LogP contribution in [0.1, 0.15) is 49.9 Å². The van der Waals surface area contributed by atoms with Gasteiger partial charge >= 0.3 is 0 Å². The van der Waals surface area contributed by atoms with Crippen LogP contribution in [-0.4, -0.2) is 76.9 Å². The van der Waals surface area contributed by atoms with Crippen molar-refractivity contribution < 1.29 is 22.4 Å². The van der Waals surface area contributed by atoms with E-state index in [2.05, 4.69) is 50.2 Å². The van der Waals surface area contributed by atoms with Gasteiger partial charge in [0.1, 0.15) is 5.75 Å². The smallest absolute Gasteiger partial charge is 0.239 e. The number of hydrogen-bond donors (Lipinski definition) is 1. The molecule has 220 valence electrons. The monoisotopic (exact) mass is 596 g/mol. The highest BCUT2D eigenvalue weighted by Crippen LogP contribution is 2.38. The Bertz CT molecular complexity index is 1480. The molecule has 2 aromatic carbocycles. The van der Waals surface area contributed by atoms with Gasteiger partial charge in [-0.2, -0.15) is 5.26 Å². The highest BCUT2D eigenvalue weighted by molar-refractivity contribution is 7.92. The Hall–Kier alpha value is -3.04. The fraction of sp³-hybridized carbons (Fsp3) is 0.500. The summed E-state index contributed by atoms with van der Waals surface area (Å²) in [5.74, 6) is -1.32. The molecule has 2 aliphatic rings. The zero-order valence-electron chi connectivity index (χ0n) is 24.7. The summed E-state index contributed by atoms with van der Waals surface area (Å²) in [5, 5.41) is 12.2. The Morgan fingerprint density at radius 3 is 2.66 bits per heavy atom. The van der Waals surface area contributed by atoms with Gasteiger partial charge in [0.2, 0.25) is 11.8 Å². The molecule has 0 aliphatic carbocycles. The third-order valence-corrected chi connectivity index (χ3v) is 14.7. The normalized spacial score (nSPS) is 19.6. The van der Waals surface area contributed by atoms with Crippen molar-refractivity contribution in [2.45, 2.75) is 68.8 Å². The molecule has 0 radical (unpaired) electrons. The number of hydrogen-bond acceptors (Lipinski definition) is 7. The highest BCUT2D eigenvalue weighted by Gasteiger charge is 2.41. The largest absolute Gasteiger partial charge is 0.413 e. The maximum Gasteiger partial charge on any atom is 0.239 e. The third-order valence-electron chi connectivity index (χ3n) is 8.52. The quantitative estimate of drug-likeness (QED) is 0.455. The molecule has 11 heteroatoms. The van der Waals surface area contributed by atoms with Crippen LogP contribution >= 0.6 is 0 Å². The van der Waals surface area contributed by atoms with E-state index in [0.29, 0.717) is 17.7 Å². The molecule has 0 unspecified atom stereocenters. The summed E-state index contributed by atoms with van der Waals surface area (Å²) in [6.07, 6.45) is 1.11. The van der Waals surface area contributed by atoms with E-state index >= 15 is 0 Å². The van der Waals surface area contributed by atoms with E-state index in [0.717, 1.165) is 25.1 Å². The molecule has 2 amide bonds. The molecule has 1 saturated heterocycles. The van der Waals surface area contributed by atoms with Crippen LogP contribution < -0.4 is 5.32 Å². The fourth-order valence-corrected chi connectivity index (χ4v) is 7.80. The second kappa shape index (κ2) is 11.7. The number of benzene rings is 2. The predicted octanol–water partition coefficient (Wildman–Crippen LogP) is 4.12. The number of amides is 2. The molecule has 9 nitrogen and oxygen atoms in total. The minimum Gasteiger partial charge on any atom is -0.413 e. The number of nitrogens with one attached hydrogen (secondary N) is 1. The lowest BCUT2D eigenvalue weighted by Gasteiger charge is -2.38. The Morgan fingerprint density at radius 1 is 1.24 bits per heavy atom. The lowest BCUT2D eigenvalue weighted by Crippen LogP contribution is -2.45. The van der Waals surface area contributed by atoms with Crippen molar-refractivity contribution in [2.24, 2.45) is 0 Å². The van der Waals surface area contributed by atoms with Crippen molar-refractivity contribution in [1.29, 1.82) is 5.26 Å². The number of likely N-dealkylation sites (tertiary alicyclic amines) is 1. The number of fused-ring (bicyclic) bond motifs is 1. The van der Waals surface area contributed by atoms with Crippen LogP contribution in [-0.2, 0) is 30.3 Å². The molecular weight excluding hydrogens is 557 g/mol. The van der Waals surface area contributed by atoms with Crippen molar-refractivity contribution in [1.82, 2.24) is 9.80 Å². The molecule has 2 atom stereocenters. The number of rotatable bonds is 8. The standard InChI is InChI=1S/C30H40N4O5SSi/c1-30(2,3)41(5,6)39-24-12-13-34(18-24)19-26(23-9-7-8-22(14-23)17-31)33(4)29(36)16-21-10-11-27-25(15-21)32-28(35)20-40(27,37)38/h7-11,14-15,24,26H,12-13,16,18-20H2,1-6H3,(H,32,35)/t24-,26-/m1/s1. The highest BCUT2D eigenvalue weighted by atomic mass is 32.2. The third kappa shape index (κ3) is 7.06. The predicted molar refractivity (Wildman–Crippen MR) is 161 cm³/mol. The summed E-state index contributed by atoms with van der Waals surface area (Å²) in [4.78, 5) is 29.6. The second-order valence-corrected chi connectivity index (χ2v) is 19.3. The van der Waals surface area contributed by atoms with Gasteiger partial charge in [-0.1, -0.05) is 39.0 Å². The average Bonchev–Trinajstić information content (AvgIpc) is 3.31. The molecule has 0 bridgehead atoms. The average molecular weight is 597 g/mol. The number of anilines is 1. The van der Waals surface area contributed by atoms with Crippen LogP contribution in [0.25, 0.3) is 0 Å². The van der Waals surface area contributed by atoms with Crippen molar-refractivity contribution in [3.05, 3.63) is 59.2 Å². The molecule has 1 fully saturated rings. The minimum atomic E-state index is -3.69. The molecule has 2 aliphatic heterocycles. The van der Waals surface area contributed by atoms with E-state index in [-0.39, 0.29) is 40.1 Å². The van der Waals surface area contributed by atoms with Gasteiger partial charge in [-0.15, -0.1) is 0 Å². The zero-order chi connectivity index (χ0) is 30.2. The first-order chi connectivity index (χ1) is 19.1. The zero-order valence-corrected chi connectivity index (χ0v) is 26.5. The van der Waals surface area contributed by atoms with E-state index in [9.17, 15) is 23.3 Å². The summed E-state index contributed by atoms with van der Waals surface area (Å²) < 4.78 is 31.4. The number of sulfone groups is 1. The minimum absolute atomic E-state index is 0.0330. The van der Waals surface area contributed by atoms with Crippen LogP contribution in [0.2, 0.25) is 18.1 Å². The Balaban J connectivity index is 1.53. The summed E-state index contributed by atoms with van der Waals surface area (Å²) in [6.45, 7) is 13.5. The van der Waals surface area contributed by atoms with Gasteiger partial charge in [0.25, 0.3) is 0 Å². The molecular formula is C30H40N4O5SSi. The van der Waals surface area contributed by atoms with Gasteiger partial charge in [-0.25, -0.2) is 8.42 Å². The van der Waals surface area contributed by atoms with Gasteiger partial charge in [0, 0.05) is 26.7 Å². The number of likely N-dealkylation sites (N-methyl/N-ethyl adjacent to an activating group) is 1. The first-order valence-corrected chi connectivity index (χ1v) is 18.5. The van der Waals surface area contributed by atoms with Crippen LogP contribution in [0.15, 0.2) is 47.4 Å². The van der Waals surface area contributed by atoms with E-state index < -0.39 is 29.8 Å². The number of nitrogens with zero attached hydrogens (tertiary/aromatic N) is 3. The van der Waals surface area contributed by atoms with Gasteiger partial charge in [0.05, 0.1) is 40.8 Å². The Kier molecular flexibility index (Phi) is 8.80. The molecule has 2 aromatic rings. The SMILES string of the molecule is CN(C(=O)Cc1ccc2c(c1)NC(=O)CS2(=O)=O)[C@H](CN1CC[C@@H](O[Si](C)(C)C(C)(C)C)C1)c1cccc(C#N)c1. The van der Waals surface area contributed by atoms with Gasteiger partial charge in [-0.05, 0) is 59.9 Å². The maximum absolute atomic E-state index is 13.6. The van der Waals surface area contributed by atoms with Crippen molar-refractivity contribution in [2.75, 3.05) is 37.8 Å². The summed E-state index contributed by atoms with van der Waals surface area (Å²) >= 11 is 0. The number of carbonyl (C=O) groups is 2. The second-order valence-electron chi connectivity index (χ2n) is 12.6. The van der Waals surface area contributed by atoms with E-state index in [4.69, 9.17) is 4.43 Å². The van der Waals surface area contributed by atoms with Gasteiger partial charge < -0.3 is 14.6 Å². The first kappa shape index (κ1) is 30.9. The van der Waals surface area contributed by atoms with Crippen LogP contribution in [0.4, 0.5) is 5.69 Å². The summed E-state index contributed by atoms with van der Waals surface area (Å²) in [7, 11) is -3.85. The molecule has 0 saturated carbocycles. The molecule has 1 N–H and O–H groups in total. The Morgan fingerprint density at radius 2 is 1.98 bits per heavy atom. The van der Waals surface area contributed by atoms with Gasteiger partial charge in [0.15, 0.2) is 18.2 Å². The molecule has 4 rings (SSSR count). The van der Waals surface area contributed by atoms with Crippen LogP contribution in [0.3, 0.4) is 0 Å². The summed E-state index contributed by atoms with van der Waals surface area (Å²) in [6, 6.07) is 13.9. The molecule has 0 aromatic heterocycles. The number of carbonyl (C=O) groups excluding carboxylic acids is 2. The molecule has 0 spiro atoms. The van der Waals surface area contributed by atoms with E-state index in [1.807, 2.05) is 18.2 Å². The first-order valence-electron chi connectivity index (χ1n) is 13.9. The molecule has 2 heterocycles. The van der Waals surface area contributed by atoms with Crippen LogP contribution in [0.5, 0.6) is 0 Å². The van der Waals surface area contributed by atoms with E-state index in [1.54, 1.807) is 30.1 Å². The van der Waals surface area contributed by atoms with Crippen molar-refractivity contribution in [3.63, 3.8) is 0 Å². The summed E-state index contributed by atoms with van der Waals surface area (Å²) in [5.41, 5.74) is 2.21. The fourth-order valence-electron chi connectivity index (χ4n) is 5.13. The maximum atomic E-state index is 13.6. The number of nitriles is 1. The lowest BCUT2D eigenvalue weighted by molar-refractivity contribution is -0.131. The topological polar surface area (TPSA) is 120 Å². The van der Waals surface area contributed by atoms with E-state index in [1.165, 1.54) is 6.07 Å².